The molecule has 2 aliphatic heterocycles. The summed E-state index contributed by atoms with van der Waals surface area (Å²) in [7, 11) is 0. The topological polar surface area (TPSA) is 75.2 Å². The Morgan fingerprint density at radius 1 is 1.22 bits per heavy atom. The second kappa shape index (κ2) is 8.29. The zero-order valence-corrected chi connectivity index (χ0v) is 18.1. The van der Waals surface area contributed by atoms with E-state index in [-0.39, 0.29) is 17.4 Å². The molecule has 0 saturated carbocycles. The number of rotatable bonds is 3. The van der Waals surface area contributed by atoms with Gasteiger partial charge < -0.3 is 15.2 Å². The van der Waals surface area contributed by atoms with E-state index in [1.165, 1.54) is 6.07 Å². The Balaban J connectivity index is 1.33. The van der Waals surface area contributed by atoms with Gasteiger partial charge in [0.15, 0.2) is 0 Å². The van der Waals surface area contributed by atoms with Gasteiger partial charge >= 0.3 is 0 Å². The van der Waals surface area contributed by atoms with Gasteiger partial charge in [-0.3, -0.25) is 9.69 Å². The molecule has 0 aliphatic carbocycles. The Hall–Kier alpha value is -3.37. The van der Waals surface area contributed by atoms with Gasteiger partial charge in [0.25, 0.3) is 5.56 Å². The number of nitrogens with one attached hydrogen (secondary N) is 2. The predicted molar refractivity (Wildman–Crippen MR) is 125 cm³/mol. The summed E-state index contributed by atoms with van der Waals surface area (Å²) in [6.07, 6.45) is 1.80. The molecule has 0 amide bonds. The number of hydrogen-bond donors (Lipinski definition) is 2. The fraction of sp³-hybridized carbons (Fsp3) is 0.360. The molecule has 1 aromatic heterocycles. The number of nitriles is 1. The molecular weight excluding hydrogens is 405 g/mol. The number of fused-ring (bicyclic) bond motifs is 3. The zero-order chi connectivity index (χ0) is 22.2. The van der Waals surface area contributed by atoms with Gasteiger partial charge in [-0.05, 0) is 49.6 Å². The lowest BCUT2D eigenvalue weighted by Gasteiger charge is -2.41. The Kier molecular flexibility index (Phi) is 5.32. The highest BCUT2D eigenvalue weighted by Gasteiger charge is 2.26. The minimum atomic E-state index is -0.347. The predicted octanol–water partition coefficient (Wildman–Crippen LogP) is 3.61. The minimum absolute atomic E-state index is 0.00303. The number of pyridine rings is 1. The van der Waals surface area contributed by atoms with Crippen LogP contribution in [0.4, 0.5) is 15.8 Å². The van der Waals surface area contributed by atoms with Crippen molar-refractivity contribution >= 4 is 22.3 Å². The molecule has 7 heteroatoms. The lowest BCUT2D eigenvalue weighted by molar-refractivity contribution is 0.180. The van der Waals surface area contributed by atoms with Crippen LogP contribution in [0.1, 0.15) is 30.0 Å². The van der Waals surface area contributed by atoms with E-state index in [0.717, 1.165) is 66.7 Å². The maximum atomic E-state index is 14.5. The highest BCUT2D eigenvalue weighted by atomic mass is 19.1. The van der Waals surface area contributed by atoms with Crippen molar-refractivity contribution in [2.75, 3.05) is 36.4 Å². The average Bonchev–Trinajstić information content (AvgIpc) is 2.80. The van der Waals surface area contributed by atoms with E-state index < -0.39 is 0 Å². The Bertz CT molecular complexity index is 1280. The maximum absolute atomic E-state index is 14.5. The Morgan fingerprint density at radius 2 is 2.09 bits per heavy atom. The normalized spacial score (nSPS) is 18.8. The van der Waals surface area contributed by atoms with Crippen molar-refractivity contribution in [1.29, 1.82) is 5.26 Å². The summed E-state index contributed by atoms with van der Waals surface area (Å²) in [4.78, 5) is 20.0. The van der Waals surface area contributed by atoms with E-state index >= 15 is 0 Å². The average molecular weight is 432 g/mol. The quantitative estimate of drug-likeness (QED) is 0.663. The molecule has 0 bridgehead atoms. The van der Waals surface area contributed by atoms with Gasteiger partial charge in [-0.25, -0.2) is 4.39 Å². The van der Waals surface area contributed by atoms with Crippen LogP contribution in [0.25, 0.3) is 10.9 Å². The van der Waals surface area contributed by atoms with Gasteiger partial charge in [0.2, 0.25) is 0 Å². The fourth-order valence-electron chi connectivity index (χ4n) is 4.92. The molecule has 2 N–H and O–H groups in total. The molecule has 3 aromatic rings. The van der Waals surface area contributed by atoms with E-state index in [4.69, 9.17) is 5.26 Å². The summed E-state index contributed by atoms with van der Waals surface area (Å²) in [5.74, 6) is -0.347. The van der Waals surface area contributed by atoms with E-state index in [0.29, 0.717) is 17.8 Å². The van der Waals surface area contributed by atoms with Crippen molar-refractivity contribution in [2.24, 2.45) is 0 Å². The number of piperazine rings is 1. The summed E-state index contributed by atoms with van der Waals surface area (Å²) in [6.45, 7) is 6.06. The third-order valence-electron chi connectivity index (χ3n) is 6.65. The van der Waals surface area contributed by atoms with Crippen LogP contribution in [-0.4, -0.2) is 42.1 Å². The largest absolute Gasteiger partial charge is 0.384 e. The Labute approximate surface area is 186 Å². The van der Waals surface area contributed by atoms with Crippen molar-refractivity contribution in [3.63, 3.8) is 0 Å². The van der Waals surface area contributed by atoms with Crippen LogP contribution < -0.4 is 15.8 Å². The third kappa shape index (κ3) is 3.71. The molecule has 1 atom stereocenters. The van der Waals surface area contributed by atoms with E-state index in [9.17, 15) is 9.18 Å². The van der Waals surface area contributed by atoms with Crippen LogP contribution in [0.15, 0.2) is 41.2 Å². The first-order chi connectivity index (χ1) is 15.5. The number of aromatic nitrogens is 1. The summed E-state index contributed by atoms with van der Waals surface area (Å²) >= 11 is 0. The molecule has 0 unspecified atom stereocenters. The highest BCUT2D eigenvalue weighted by Crippen LogP contribution is 2.29. The summed E-state index contributed by atoms with van der Waals surface area (Å²) in [5, 5.41) is 13.4. The SMILES string of the molecule is C[C@H]1CN(c2ccc(C#N)cc2F)CCN1Cc1ccc2c3c(c(=O)[nH]c2c1)CCCN3. The standard InChI is InChI=1S/C25H26FN5O/c1-16-14-31(23-7-5-17(13-27)11-21(23)26)10-9-30(16)15-18-4-6-19-22(12-18)29-25(32)20-3-2-8-28-24(19)20/h4-7,11-12,16,28H,2-3,8-10,14-15H2,1H3,(H,29,32)/t16-/m0/s1. The second-order valence-electron chi connectivity index (χ2n) is 8.76. The van der Waals surface area contributed by atoms with Gasteiger partial charge in [-0.15, -0.1) is 0 Å². The van der Waals surface area contributed by atoms with Crippen molar-refractivity contribution in [1.82, 2.24) is 9.88 Å². The first-order valence-corrected chi connectivity index (χ1v) is 11.1. The van der Waals surface area contributed by atoms with Crippen molar-refractivity contribution < 1.29 is 4.39 Å². The van der Waals surface area contributed by atoms with Crippen molar-refractivity contribution in [3.8, 4) is 6.07 Å². The summed E-state index contributed by atoms with van der Waals surface area (Å²) < 4.78 is 14.5. The number of benzene rings is 2. The monoisotopic (exact) mass is 431 g/mol. The van der Waals surface area contributed by atoms with Crippen LogP contribution >= 0.6 is 0 Å². The van der Waals surface area contributed by atoms with E-state index in [1.807, 2.05) is 11.0 Å². The van der Waals surface area contributed by atoms with Gasteiger partial charge in [0.1, 0.15) is 5.82 Å². The molecule has 164 valence electrons. The van der Waals surface area contributed by atoms with Crippen LogP contribution in [0.5, 0.6) is 0 Å². The Morgan fingerprint density at radius 3 is 2.88 bits per heavy atom. The molecule has 1 fully saturated rings. The molecule has 0 spiro atoms. The highest BCUT2D eigenvalue weighted by molar-refractivity contribution is 5.93. The second-order valence-corrected chi connectivity index (χ2v) is 8.76. The number of nitrogens with zero attached hydrogens (tertiary/aromatic N) is 3. The van der Waals surface area contributed by atoms with Gasteiger partial charge in [0.05, 0.1) is 28.5 Å². The smallest absolute Gasteiger partial charge is 0.253 e. The number of halogens is 1. The number of anilines is 2. The van der Waals surface area contributed by atoms with Crippen molar-refractivity contribution in [2.45, 2.75) is 32.4 Å². The molecule has 1 saturated heterocycles. The van der Waals surface area contributed by atoms with Crippen LogP contribution in [0.3, 0.4) is 0 Å². The number of H-pyrrole nitrogens is 1. The maximum Gasteiger partial charge on any atom is 0.253 e. The summed E-state index contributed by atoms with van der Waals surface area (Å²) in [5.41, 5.74) is 4.74. The zero-order valence-electron chi connectivity index (χ0n) is 18.1. The van der Waals surface area contributed by atoms with E-state index in [1.54, 1.807) is 12.1 Å². The van der Waals surface area contributed by atoms with Crippen molar-refractivity contribution in [3.05, 3.63) is 69.3 Å². The lowest BCUT2D eigenvalue weighted by atomic mass is 10.0. The molecule has 5 rings (SSSR count). The molecular formula is C25H26FN5O. The molecule has 6 nitrogen and oxygen atoms in total. The van der Waals surface area contributed by atoms with Gasteiger partial charge in [-0.1, -0.05) is 12.1 Å². The first kappa shape index (κ1) is 20.5. The summed E-state index contributed by atoms with van der Waals surface area (Å²) in [6, 6.07) is 13.2. The minimum Gasteiger partial charge on any atom is -0.384 e. The first-order valence-electron chi connectivity index (χ1n) is 11.1. The number of hydrogen-bond acceptors (Lipinski definition) is 5. The van der Waals surface area contributed by atoms with Crippen LogP contribution in [-0.2, 0) is 13.0 Å². The van der Waals surface area contributed by atoms with Crippen LogP contribution in [0.2, 0.25) is 0 Å². The number of aromatic amines is 1. The molecule has 2 aliphatic rings. The van der Waals surface area contributed by atoms with E-state index in [2.05, 4.69) is 40.3 Å². The molecule has 3 heterocycles. The third-order valence-corrected chi connectivity index (χ3v) is 6.65. The molecule has 2 aromatic carbocycles. The lowest BCUT2D eigenvalue weighted by Crippen LogP contribution is -2.51. The van der Waals surface area contributed by atoms with Gasteiger partial charge in [0, 0.05) is 49.7 Å². The van der Waals surface area contributed by atoms with Gasteiger partial charge in [-0.2, -0.15) is 5.26 Å². The van der Waals surface area contributed by atoms with Crippen LogP contribution in [0, 0.1) is 17.1 Å². The molecule has 32 heavy (non-hydrogen) atoms. The molecule has 0 radical (unpaired) electrons. The fourth-order valence-corrected chi connectivity index (χ4v) is 4.92.